The lowest BCUT2D eigenvalue weighted by Crippen LogP contribution is -2.16. The standard InChI is InChI=1S/C32H26N6O.C2H6.CH4O/c1-37(25-13-11-23(21-39)12-14-25)20-22-9-15-26(16-10-22)38-31(27-8-5-19-34-30(27)33)36-29-18-17-28(35-32(29)38)24-6-3-2-4-7-24;2*1-2/h2-19,21H,20H2,1H3,(H2,33,34);1-2H3;2H,1H3. The summed E-state index contributed by atoms with van der Waals surface area (Å²) in [5.41, 5.74) is 14.2. The molecule has 0 fully saturated rings. The van der Waals surface area contributed by atoms with Crippen molar-refractivity contribution in [2.75, 3.05) is 24.8 Å². The van der Waals surface area contributed by atoms with Crippen molar-refractivity contribution in [1.82, 2.24) is 19.5 Å². The minimum atomic E-state index is 0.413. The number of aldehydes is 1. The second kappa shape index (κ2) is 14.5. The molecule has 0 atom stereocenters. The number of carbonyl (C=O) groups is 1. The number of anilines is 2. The van der Waals surface area contributed by atoms with Crippen LogP contribution in [-0.4, -0.2) is 45.1 Å². The number of benzene rings is 3. The minimum absolute atomic E-state index is 0.413. The molecule has 0 saturated heterocycles. The Balaban J connectivity index is 0.00000102. The number of nitrogen functional groups attached to an aromatic ring is 1. The van der Waals surface area contributed by atoms with Crippen molar-refractivity contribution in [2.24, 2.45) is 0 Å². The molecule has 0 aliphatic carbocycles. The highest BCUT2D eigenvalue weighted by molar-refractivity contribution is 5.84. The van der Waals surface area contributed by atoms with Gasteiger partial charge in [-0.1, -0.05) is 56.3 Å². The Bertz CT molecular complexity index is 1770. The summed E-state index contributed by atoms with van der Waals surface area (Å²) in [7, 11) is 3.03. The van der Waals surface area contributed by atoms with Crippen LogP contribution in [0.4, 0.5) is 11.5 Å². The first-order valence-electron chi connectivity index (χ1n) is 14.1. The van der Waals surface area contributed by atoms with Gasteiger partial charge in [-0.3, -0.25) is 9.36 Å². The third-order valence-corrected chi connectivity index (χ3v) is 6.74. The van der Waals surface area contributed by atoms with Crippen molar-refractivity contribution in [2.45, 2.75) is 20.4 Å². The van der Waals surface area contributed by atoms with Crippen LogP contribution in [0.25, 0.3) is 39.5 Å². The number of hydrogen-bond donors (Lipinski definition) is 2. The molecule has 0 spiro atoms. The molecular formula is C35H36N6O2. The SMILES string of the molecule is CC.CN(Cc1ccc(-n2c(-c3cccnc3N)nc3ccc(-c4ccccc4)nc32)cc1)c1ccc(C=O)cc1.CO. The quantitative estimate of drug-likeness (QED) is 0.202. The molecule has 3 heterocycles. The van der Waals surface area contributed by atoms with Gasteiger partial charge in [0.15, 0.2) is 11.5 Å². The summed E-state index contributed by atoms with van der Waals surface area (Å²) in [6.07, 6.45) is 2.53. The third kappa shape index (κ3) is 6.77. The summed E-state index contributed by atoms with van der Waals surface area (Å²) in [5.74, 6) is 1.10. The Hall–Kier alpha value is -5.34. The summed E-state index contributed by atoms with van der Waals surface area (Å²) >= 11 is 0. The fraction of sp³-hybridized carbons (Fsp3) is 0.143. The first kappa shape index (κ1) is 30.6. The van der Waals surface area contributed by atoms with Gasteiger partial charge in [0.25, 0.3) is 0 Å². The average molecular weight is 573 g/mol. The molecular weight excluding hydrogens is 536 g/mol. The summed E-state index contributed by atoms with van der Waals surface area (Å²) < 4.78 is 2.04. The fourth-order valence-corrected chi connectivity index (χ4v) is 4.68. The predicted molar refractivity (Wildman–Crippen MR) is 175 cm³/mol. The van der Waals surface area contributed by atoms with Gasteiger partial charge in [0, 0.05) is 49.4 Å². The van der Waals surface area contributed by atoms with Gasteiger partial charge in [0.2, 0.25) is 0 Å². The number of aliphatic hydroxyl groups excluding tert-OH is 1. The Kier molecular flexibility index (Phi) is 10.3. The van der Waals surface area contributed by atoms with Crippen molar-refractivity contribution in [1.29, 1.82) is 0 Å². The normalized spacial score (nSPS) is 10.3. The lowest BCUT2D eigenvalue weighted by Gasteiger charge is -2.20. The summed E-state index contributed by atoms with van der Waals surface area (Å²) in [6, 6.07) is 33.8. The smallest absolute Gasteiger partial charge is 0.165 e. The van der Waals surface area contributed by atoms with E-state index in [0.717, 1.165) is 58.3 Å². The number of pyridine rings is 2. The molecule has 0 radical (unpaired) electrons. The van der Waals surface area contributed by atoms with Crippen molar-refractivity contribution < 1.29 is 9.90 Å². The number of aliphatic hydroxyl groups is 1. The first-order chi connectivity index (χ1) is 21.1. The molecule has 6 aromatic rings. The van der Waals surface area contributed by atoms with E-state index in [1.807, 2.05) is 104 Å². The molecule has 8 nitrogen and oxygen atoms in total. The zero-order valence-electron chi connectivity index (χ0n) is 24.8. The van der Waals surface area contributed by atoms with Crippen LogP contribution >= 0.6 is 0 Å². The highest BCUT2D eigenvalue weighted by atomic mass is 16.2. The Morgan fingerprint density at radius 3 is 2.19 bits per heavy atom. The number of rotatable bonds is 7. The van der Waals surface area contributed by atoms with Crippen molar-refractivity contribution >= 4 is 29.0 Å². The van der Waals surface area contributed by atoms with E-state index in [1.165, 1.54) is 0 Å². The summed E-state index contributed by atoms with van der Waals surface area (Å²) in [6.45, 7) is 4.71. The number of hydrogen-bond acceptors (Lipinski definition) is 7. The number of nitrogens with two attached hydrogens (primary N) is 1. The van der Waals surface area contributed by atoms with Crippen LogP contribution in [0.15, 0.2) is 109 Å². The number of carbonyl (C=O) groups excluding carboxylic acids is 1. The van der Waals surface area contributed by atoms with E-state index in [-0.39, 0.29) is 0 Å². The Morgan fingerprint density at radius 1 is 0.837 bits per heavy atom. The molecule has 43 heavy (non-hydrogen) atoms. The second-order valence-electron chi connectivity index (χ2n) is 9.34. The number of aromatic nitrogens is 4. The molecule has 3 aromatic heterocycles. The molecule has 0 aliphatic heterocycles. The molecule has 8 heteroatoms. The molecule has 0 aliphatic rings. The molecule has 3 aromatic carbocycles. The van der Waals surface area contributed by atoms with Crippen molar-refractivity contribution in [3.63, 3.8) is 0 Å². The molecule has 0 bridgehead atoms. The predicted octanol–water partition coefficient (Wildman–Crippen LogP) is 6.82. The number of imidazole rings is 1. The van der Waals surface area contributed by atoms with Crippen LogP contribution < -0.4 is 10.6 Å². The Morgan fingerprint density at radius 2 is 1.53 bits per heavy atom. The maximum absolute atomic E-state index is 11.0. The van der Waals surface area contributed by atoms with E-state index in [1.54, 1.807) is 6.20 Å². The van der Waals surface area contributed by atoms with E-state index < -0.39 is 0 Å². The molecule has 0 unspecified atom stereocenters. The zero-order valence-corrected chi connectivity index (χ0v) is 24.8. The van der Waals surface area contributed by atoms with Crippen LogP contribution in [0.1, 0.15) is 29.8 Å². The lowest BCUT2D eigenvalue weighted by molar-refractivity contribution is 0.112. The average Bonchev–Trinajstić information content (AvgIpc) is 3.46. The first-order valence-corrected chi connectivity index (χ1v) is 14.1. The zero-order chi connectivity index (χ0) is 30.8. The van der Waals surface area contributed by atoms with Crippen LogP contribution in [0.3, 0.4) is 0 Å². The van der Waals surface area contributed by atoms with Crippen LogP contribution in [0, 0.1) is 0 Å². The van der Waals surface area contributed by atoms with E-state index in [0.29, 0.717) is 23.8 Å². The van der Waals surface area contributed by atoms with Gasteiger partial charge >= 0.3 is 0 Å². The van der Waals surface area contributed by atoms with E-state index in [2.05, 4.69) is 34.1 Å². The van der Waals surface area contributed by atoms with Gasteiger partial charge in [-0.05, 0) is 66.2 Å². The maximum Gasteiger partial charge on any atom is 0.165 e. The largest absolute Gasteiger partial charge is 0.400 e. The van der Waals surface area contributed by atoms with E-state index >= 15 is 0 Å². The molecule has 0 amide bonds. The van der Waals surface area contributed by atoms with Gasteiger partial charge in [-0.25, -0.2) is 15.0 Å². The third-order valence-electron chi connectivity index (χ3n) is 6.74. The van der Waals surface area contributed by atoms with Gasteiger partial charge in [0.05, 0.1) is 11.3 Å². The lowest BCUT2D eigenvalue weighted by atomic mass is 10.1. The van der Waals surface area contributed by atoms with Gasteiger partial charge in [-0.15, -0.1) is 0 Å². The highest BCUT2D eigenvalue weighted by Gasteiger charge is 2.19. The summed E-state index contributed by atoms with van der Waals surface area (Å²) in [4.78, 5) is 27.4. The maximum atomic E-state index is 11.0. The monoisotopic (exact) mass is 572 g/mol. The van der Waals surface area contributed by atoms with Crippen molar-refractivity contribution in [3.8, 4) is 28.3 Å². The highest BCUT2D eigenvalue weighted by Crippen LogP contribution is 2.32. The molecule has 0 saturated carbocycles. The summed E-state index contributed by atoms with van der Waals surface area (Å²) in [5, 5.41) is 7.00. The van der Waals surface area contributed by atoms with Crippen LogP contribution in [0.2, 0.25) is 0 Å². The van der Waals surface area contributed by atoms with Crippen LogP contribution in [-0.2, 0) is 6.54 Å². The number of fused-ring (bicyclic) bond motifs is 1. The molecule has 3 N–H and O–H groups in total. The fourth-order valence-electron chi connectivity index (χ4n) is 4.68. The van der Waals surface area contributed by atoms with Gasteiger partial charge in [-0.2, -0.15) is 0 Å². The van der Waals surface area contributed by atoms with E-state index in [4.69, 9.17) is 20.8 Å². The van der Waals surface area contributed by atoms with E-state index in [9.17, 15) is 4.79 Å². The minimum Gasteiger partial charge on any atom is -0.400 e. The van der Waals surface area contributed by atoms with Gasteiger partial charge < -0.3 is 15.7 Å². The topological polar surface area (TPSA) is 110 Å². The van der Waals surface area contributed by atoms with Crippen molar-refractivity contribution in [3.05, 3.63) is 120 Å². The van der Waals surface area contributed by atoms with Gasteiger partial charge in [0.1, 0.15) is 17.6 Å². The number of nitrogens with zero attached hydrogens (tertiary/aromatic N) is 5. The second-order valence-corrected chi connectivity index (χ2v) is 9.34. The van der Waals surface area contributed by atoms with Crippen LogP contribution in [0.5, 0.6) is 0 Å². The Labute approximate surface area is 252 Å². The molecule has 218 valence electrons. The molecule has 6 rings (SSSR count).